The summed E-state index contributed by atoms with van der Waals surface area (Å²) in [7, 11) is -1.79. The SMILES string of the molecule is CC(C)(C)[Si](C)(C)OCc1ccnc(-c2cccc(CO)c2)n1. The van der Waals surface area contributed by atoms with E-state index in [9.17, 15) is 5.11 Å². The van der Waals surface area contributed by atoms with Crippen molar-refractivity contribution >= 4 is 8.32 Å². The Bertz CT molecular complexity index is 666. The van der Waals surface area contributed by atoms with Crippen molar-refractivity contribution in [3.8, 4) is 11.4 Å². The van der Waals surface area contributed by atoms with Crippen LogP contribution < -0.4 is 0 Å². The van der Waals surface area contributed by atoms with Gasteiger partial charge in [0.2, 0.25) is 0 Å². The van der Waals surface area contributed by atoms with Gasteiger partial charge in [-0.25, -0.2) is 9.97 Å². The second kappa shape index (κ2) is 6.91. The Morgan fingerprint density at radius 3 is 2.57 bits per heavy atom. The van der Waals surface area contributed by atoms with Gasteiger partial charge in [-0.1, -0.05) is 39.0 Å². The molecule has 0 fully saturated rings. The van der Waals surface area contributed by atoms with Crippen molar-refractivity contribution in [1.29, 1.82) is 0 Å². The lowest BCUT2D eigenvalue weighted by Gasteiger charge is -2.36. The average molecular weight is 331 g/mol. The van der Waals surface area contributed by atoms with Gasteiger partial charge in [0.25, 0.3) is 0 Å². The molecule has 2 aromatic rings. The first-order valence-corrected chi connectivity index (χ1v) is 10.8. The predicted molar refractivity (Wildman–Crippen MR) is 95.4 cm³/mol. The third-order valence-corrected chi connectivity index (χ3v) is 8.95. The Morgan fingerprint density at radius 1 is 1.17 bits per heavy atom. The van der Waals surface area contributed by atoms with Crippen molar-refractivity contribution < 1.29 is 9.53 Å². The molecule has 5 heteroatoms. The van der Waals surface area contributed by atoms with Gasteiger partial charge in [-0.05, 0) is 35.8 Å². The lowest BCUT2D eigenvalue weighted by Crippen LogP contribution is -2.40. The van der Waals surface area contributed by atoms with Crippen LogP contribution in [0.1, 0.15) is 32.0 Å². The monoisotopic (exact) mass is 330 g/mol. The first-order chi connectivity index (χ1) is 10.7. The highest BCUT2D eigenvalue weighted by Gasteiger charge is 2.37. The molecule has 0 aliphatic rings. The summed E-state index contributed by atoms with van der Waals surface area (Å²) in [6.45, 7) is 11.7. The van der Waals surface area contributed by atoms with Gasteiger partial charge in [0, 0.05) is 11.8 Å². The number of hydrogen-bond donors (Lipinski definition) is 1. The summed E-state index contributed by atoms with van der Waals surface area (Å²) in [5.74, 6) is 0.664. The van der Waals surface area contributed by atoms with Crippen molar-refractivity contribution in [3.63, 3.8) is 0 Å². The first-order valence-electron chi connectivity index (χ1n) is 7.89. The molecular formula is C18H26N2O2Si. The maximum atomic E-state index is 9.26. The van der Waals surface area contributed by atoms with Gasteiger partial charge in [-0.2, -0.15) is 0 Å². The van der Waals surface area contributed by atoms with E-state index in [0.717, 1.165) is 16.8 Å². The van der Waals surface area contributed by atoms with Crippen LogP contribution in [0.4, 0.5) is 0 Å². The summed E-state index contributed by atoms with van der Waals surface area (Å²) >= 11 is 0. The first kappa shape index (κ1) is 17.8. The molecule has 0 atom stereocenters. The number of aromatic nitrogens is 2. The van der Waals surface area contributed by atoms with E-state index in [1.165, 1.54) is 0 Å². The number of benzene rings is 1. The molecular weight excluding hydrogens is 304 g/mol. The molecule has 1 N–H and O–H groups in total. The van der Waals surface area contributed by atoms with Crippen molar-refractivity contribution in [2.45, 2.75) is 52.1 Å². The van der Waals surface area contributed by atoms with Crippen LogP contribution in [-0.4, -0.2) is 23.4 Å². The minimum atomic E-state index is -1.79. The summed E-state index contributed by atoms with van der Waals surface area (Å²) in [6, 6.07) is 9.55. The van der Waals surface area contributed by atoms with Crippen LogP contribution in [0.25, 0.3) is 11.4 Å². The van der Waals surface area contributed by atoms with Gasteiger partial charge in [0.1, 0.15) is 0 Å². The fourth-order valence-corrected chi connectivity index (χ4v) is 2.84. The van der Waals surface area contributed by atoms with Crippen LogP contribution in [0.5, 0.6) is 0 Å². The highest BCUT2D eigenvalue weighted by molar-refractivity contribution is 6.74. The van der Waals surface area contributed by atoms with Crippen molar-refractivity contribution in [3.05, 3.63) is 47.8 Å². The zero-order valence-electron chi connectivity index (χ0n) is 14.6. The lowest BCUT2D eigenvalue weighted by atomic mass is 10.1. The number of rotatable bonds is 5. The predicted octanol–water partition coefficient (Wildman–Crippen LogP) is 4.16. The molecule has 0 bridgehead atoms. The summed E-state index contributed by atoms with van der Waals surface area (Å²) in [4.78, 5) is 8.95. The minimum Gasteiger partial charge on any atom is -0.411 e. The molecule has 23 heavy (non-hydrogen) atoms. The van der Waals surface area contributed by atoms with Crippen LogP contribution in [0.3, 0.4) is 0 Å². The number of aliphatic hydroxyl groups excluding tert-OH is 1. The fourth-order valence-electron chi connectivity index (χ4n) is 1.90. The van der Waals surface area contributed by atoms with E-state index in [4.69, 9.17) is 4.43 Å². The van der Waals surface area contributed by atoms with Crippen molar-refractivity contribution in [2.75, 3.05) is 0 Å². The smallest absolute Gasteiger partial charge is 0.192 e. The molecule has 0 spiro atoms. The van der Waals surface area contributed by atoms with Crippen molar-refractivity contribution in [2.24, 2.45) is 0 Å². The molecule has 0 aliphatic heterocycles. The highest BCUT2D eigenvalue weighted by Crippen LogP contribution is 2.37. The summed E-state index contributed by atoms with van der Waals surface area (Å²) in [5.41, 5.74) is 2.65. The fraction of sp³-hybridized carbons (Fsp3) is 0.444. The van der Waals surface area contributed by atoms with Gasteiger partial charge in [-0.15, -0.1) is 0 Å². The Hall–Kier alpha value is -1.56. The van der Waals surface area contributed by atoms with Crippen LogP contribution >= 0.6 is 0 Å². The zero-order chi connectivity index (χ0) is 17.1. The zero-order valence-corrected chi connectivity index (χ0v) is 15.6. The largest absolute Gasteiger partial charge is 0.411 e. The Balaban J connectivity index is 2.17. The molecule has 124 valence electrons. The Morgan fingerprint density at radius 2 is 1.91 bits per heavy atom. The van der Waals surface area contributed by atoms with Gasteiger partial charge in [-0.3, -0.25) is 0 Å². The van der Waals surface area contributed by atoms with E-state index in [2.05, 4.69) is 43.8 Å². The molecule has 4 nitrogen and oxygen atoms in total. The van der Waals surface area contributed by atoms with Gasteiger partial charge in [0.15, 0.2) is 14.1 Å². The van der Waals surface area contributed by atoms with Crippen LogP contribution in [-0.2, 0) is 17.6 Å². The molecule has 0 saturated heterocycles. The van der Waals surface area contributed by atoms with E-state index >= 15 is 0 Å². The third-order valence-electron chi connectivity index (χ3n) is 4.47. The van der Waals surface area contributed by atoms with Gasteiger partial charge >= 0.3 is 0 Å². The molecule has 0 saturated carbocycles. The van der Waals surface area contributed by atoms with E-state index in [-0.39, 0.29) is 11.6 Å². The topological polar surface area (TPSA) is 55.2 Å². The number of hydrogen-bond acceptors (Lipinski definition) is 4. The van der Waals surface area contributed by atoms with Crippen LogP contribution in [0, 0.1) is 0 Å². The van der Waals surface area contributed by atoms with Gasteiger partial charge < -0.3 is 9.53 Å². The van der Waals surface area contributed by atoms with E-state index < -0.39 is 8.32 Å². The van der Waals surface area contributed by atoms with E-state index in [1.807, 2.05) is 30.3 Å². The number of nitrogens with zero attached hydrogens (tertiary/aromatic N) is 2. The minimum absolute atomic E-state index is 0.0159. The third kappa shape index (κ3) is 4.47. The standard InChI is InChI=1S/C18H26N2O2Si/c1-18(2,3)23(4,5)22-13-16-9-10-19-17(20-16)15-8-6-7-14(11-15)12-21/h6-11,21H,12-13H2,1-5H3. The van der Waals surface area contributed by atoms with Gasteiger partial charge in [0.05, 0.1) is 18.9 Å². The van der Waals surface area contributed by atoms with E-state index in [0.29, 0.717) is 12.4 Å². The molecule has 0 aliphatic carbocycles. The lowest BCUT2D eigenvalue weighted by molar-refractivity contribution is 0.272. The molecule has 2 rings (SSSR count). The summed E-state index contributed by atoms with van der Waals surface area (Å²) in [6.07, 6.45) is 1.76. The maximum absolute atomic E-state index is 9.26. The quantitative estimate of drug-likeness (QED) is 0.837. The highest BCUT2D eigenvalue weighted by atomic mass is 28.4. The molecule has 0 radical (unpaired) electrons. The van der Waals surface area contributed by atoms with Crippen LogP contribution in [0.15, 0.2) is 36.5 Å². The maximum Gasteiger partial charge on any atom is 0.192 e. The molecule has 1 heterocycles. The number of aliphatic hydroxyl groups is 1. The molecule has 0 amide bonds. The molecule has 1 aromatic heterocycles. The Kier molecular flexibility index (Phi) is 5.34. The second-order valence-electron chi connectivity index (χ2n) is 7.28. The Labute approximate surface area is 139 Å². The van der Waals surface area contributed by atoms with Crippen molar-refractivity contribution in [1.82, 2.24) is 9.97 Å². The molecule has 0 unspecified atom stereocenters. The second-order valence-corrected chi connectivity index (χ2v) is 12.1. The van der Waals surface area contributed by atoms with Crippen LogP contribution in [0.2, 0.25) is 18.1 Å². The molecule has 1 aromatic carbocycles. The normalized spacial score (nSPS) is 12.4. The summed E-state index contributed by atoms with van der Waals surface area (Å²) in [5, 5.41) is 9.44. The summed E-state index contributed by atoms with van der Waals surface area (Å²) < 4.78 is 6.22. The van der Waals surface area contributed by atoms with E-state index in [1.54, 1.807) is 6.20 Å². The average Bonchev–Trinajstić information content (AvgIpc) is 2.52.